The van der Waals surface area contributed by atoms with Gasteiger partial charge in [-0.25, -0.2) is 0 Å². The Kier molecular flexibility index (Phi) is 9.16. The molecule has 0 fully saturated rings. The summed E-state index contributed by atoms with van der Waals surface area (Å²) in [5.41, 5.74) is 0. The Labute approximate surface area is 108 Å². The second kappa shape index (κ2) is 9.41. The van der Waals surface area contributed by atoms with E-state index in [1.54, 1.807) is 0 Å². The van der Waals surface area contributed by atoms with Crippen LogP contribution in [0.25, 0.3) is 0 Å². The molecule has 0 atom stereocenters. The van der Waals surface area contributed by atoms with E-state index in [1.807, 2.05) is 0 Å². The summed E-state index contributed by atoms with van der Waals surface area (Å²) in [5, 5.41) is 0. The molecule has 0 unspecified atom stereocenters. The highest BCUT2D eigenvalue weighted by Crippen LogP contribution is 2.22. The third-order valence-electron chi connectivity index (χ3n) is 2.12. The molecule has 8 heteroatoms. The minimum absolute atomic E-state index is 0.00303. The Balaban J connectivity index is 3.12. The van der Waals surface area contributed by atoms with Crippen molar-refractivity contribution in [1.82, 2.24) is 0 Å². The van der Waals surface area contributed by atoms with E-state index < -0.39 is 25.2 Å². The van der Waals surface area contributed by atoms with Crippen LogP contribution in [0.3, 0.4) is 0 Å². The molecule has 0 aliphatic rings. The zero-order chi connectivity index (χ0) is 14.8. The normalized spacial score (nSPS) is 12.9. The summed E-state index contributed by atoms with van der Waals surface area (Å²) >= 11 is 0. The van der Waals surface area contributed by atoms with Crippen molar-refractivity contribution < 1.29 is 35.8 Å². The molecule has 0 rings (SSSR count). The quantitative estimate of drug-likeness (QED) is 0.446. The monoisotopic (exact) mass is 296 g/mol. The van der Waals surface area contributed by atoms with Gasteiger partial charge in [0.2, 0.25) is 0 Å². The maximum atomic E-state index is 11.7. The molecule has 0 bridgehead atoms. The summed E-state index contributed by atoms with van der Waals surface area (Å²) in [4.78, 5) is 0. The molecule has 0 radical (unpaired) electrons. The van der Waals surface area contributed by atoms with Crippen LogP contribution in [0.5, 0.6) is 0 Å². The molecule has 0 spiro atoms. The molecular weight excluding hydrogens is 278 g/mol. The maximum absolute atomic E-state index is 11.7. The van der Waals surface area contributed by atoms with E-state index in [-0.39, 0.29) is 39.3 Å². The Morgan fingerprint density at radius 2 is 0.947 bits per heavy atom. The topological polar surface area (TPSA) is 18.5 Å². The first-order chi connectivity index (χ1) is 8.71. The van der Waals surface area contributed by atoms with Crippen LogP contribution in [0.15, 0.2) is 0 Å². The second-order valence-corrected chi connectivity index (χ2v) is 4.02. The lowest BCUT2D eigenvalue weighted by Gasteiger charge is -2.08. The van der Waals surface area contributed by atoms with Crippen molar-refractivity contribution in [3.63, 3.8) is 0 Å². The standard InChI is InChI=1S/C11H18F6O2/c12-10(13,14)4-1-2-6-18-8-9-19-7-3-5-11(15,16)17/h1-9H2. The third kappa shape index (κ3) is 17.5. The Bertz CT molecular complexity index is 192. The van der Waals surface area contributed by atoms with E-state index in [9.17, 15) is 26.3 Å². The Morgan fingerprint density at radius 3 is 1.42 bits per heavy atom. The molecule has 0 saturated heterocycles. The first-order valence-electron chi connectivity index (χ1n) is 6.00. The molecule has 0 heterocycles. The first-order valence-corrected chi connectivity index (χ1v) is 6.00. The van der Waals surface area contributed by atoms with Crippen LogP contribution in [-0.4, -0.2) is 38.8 Å². The Morgan fingerprint density at radius 1 is 0.526 bits per heavy atom. The van der Waals surface area contributed by atoms with Gasteiger partial charge in [-0.15, -0.1) is 0 Å². The third-order valence-corrected chi connectivity index (χ3v) is 2.12. The highest BCUT2D eigenvalue weighted by atomic mass is 19.4. The van der Waals surface area contributed by atoms with Crippen LogP contribution in [-0.2, 0) is 9.47 Å². The molecule has 0 aliphatic heterocycles. The lowest BCUT2D eigenvalue weighted by molar-refractivity contribution is -0.138. The van der Waals surface area contributed by atoms with E-state index in [0.717, 1.165) is 0 Å². The van der Waals surface area contributed by atoms with Crippen molar-refractivity contribution >= 4 is 0 Å². The summed E-state index contributed by atoms with van der Waals surface area (Å²) < 4.78 is 80.3. The fraction of sp³-hybridized carbons (Fsp3) is 1.00. The lowest BCUT2D eigenvalue weighted by Crippen LogP contribution is -2.11. The molecule has 0 aliphatic carbocycles. The molecule has 0 aromatic heterocycles. The molecule has 0 aromatic carbocycles. The maximum Gasteiger partial charge on any atom is 0.389 e. The fourth-order valence-corrected chi connectivity index (χ4v) is 1.23. The minimum Gasteiger partial charge on any atom is -0.379 e. The van der Waals surface area contributed by atoms with Crippen LogP contribution in [0.4, 0.5) is 26.3 Å². The molecule has 0 aromatic rings. The molecule has 2 nitrogen and oxygen atoms in total. The van der Waals surface area contributed by atoms with E-state index in [4.69, 9.17) is 9.47 Å². The van der Waals surface area contributed by atoms with Gasteiger partial charge in [0.15, 0.2) is 0 Å². The van der Waals surface area contributed by atoms with Crippen LogP contribution >= 0.6 is 0 Å². The number of ether oxygens (including phenoxy) is 2. The number of alkyl halides is 6. The highest BCUT2D eigenvalue weighted by Gasteiger charge is 2.26. The molecular formula is C11H18F6O2. The highest BCUT2D eigenvalue weighted by molar-refractivity contribution is 4.51. The van der Waals surface area contributed by atoms with Crippen molar-refractivity contribution in [3.05, 3.63) is 0 Å². The minimum atomic E-state index is -4.17. The Hall–Kier alpha value is -0.500. The zero-order valence-corrected chi connectivity index (χ0v) is 10.4. The number of unbranched alkanes of at least 4 members (excludes halogenated alkanes) is 1. The zero-order valence-electron chi connectivity index (χ0n) is 10.4. The molecule has 0 amide bonds. The van der Waals surface area contributed by atoms with Gasteiger partial charge in [0, 0.05) is 26.1 Å². The van der Waals surface area contributed by atoms with E-state index >= 15 is 0 Å². The number of hydrogen-bond donors (Lipinski definition) is 0. The van der Waals surface area contributed by atoms with Gasteiger partial charge < -0.3 is 9.47 Å². The molecule has 19 heavy (non-hydrogen) atoms. The van der Waals surface area contributed by atoms with Crippen LogP contribution in [0.1, 0.15) is 32.1 Å². The predicted octanol–water partition coefficient (Wildman–Crippen LogP) is 4.09. The van der Waals surface area contributed by atoms with Gasteiger partial charge >= 0.3 is 12.4 Å². The van der Waals surface area contributed by atoms with Gasteiger partial charge in [-0.3, -0.25) is 0 Å². The number of hydrogen-bond acceptors (Lipinski definition) is 2. The molecule has 0 saturated carbocycles. The summed E-state index contributed by atoms with van der Waals surface area (Å²) in [5.74, 6) is 0. The van der Waals surface area contributed by atoms with Crippen molar-refractivity contribution in [1.29, 1.82) is 0 Å². The molecule has 116 valence electrons. The van der Waals surface area contributed by atoms with Gasteiger partial charge in [0.1, 0.15) is 0 Å². The lowest BCUT2D eigenvalue weighted by atomic mass is 10.2. The van der Waals surface area contributed by atoms with E-state index in [1.165, 1.54) is 0 Å². The van der Waals surface area contributed by atoms with Crippen LogP contribution in [0, 0.1) is 0 Å². The van der Waals surface area contributed by atoms with Crippen molar-refractivity contribution in [2.45, 2.75) is 44.5 Å². The van der Waals surface area contributed by atoms with Crippen molar-refractivity contribution in [3.8, 4) is 0 Å². The van der Waals surface area contributed by atoms with Gasteiger partial charge in [-0.05, 0) is 19.3 Å². The van der Waals surface area contributed by atoms with Gasteiger partial charge in [0.25, 0.3) is 0 Å². The number of halogens is 6. The molecule has 0 N–H and O–H groups in total. The average molecular weight is 296 g/mol. The van der Waals surface area contributed by atoms with Gasteiger partial charge in [-0.1, -0.05) is 0 Å². The van der Waals surface area contributed by atoms with Crippen LogP contribution < -0.4 is 0 Å². The summed E-state index contributed by atoms with van der Waals surface area (Å²) in [6.07, 6.45) is -9.81. The smallest absolute Gasteiger partial charge is 0.379 e. The average Bonchev–Trinajstić information content (AvgIpc) is 2.22. The van der Waals surface area contributed by atoms with Gasteiger partial charge in [-0.2, -0.15) is 26.3 Å². The number of rotatable bonds is 10. The van der Waals surface area contributed by atoms with Gasteiger partial charge in [0.05, 0.1) is 13.2 Å². The summed E-state index contributed by atoms with van der Waals surface area (Å²) in [6, 6.07) is 0. The van der Waals surface area contributed by atoms with E-state index in [2.05, 4.69) is 0 Å². The van der Waals surface area contributed by atoms with Crippen molar-refractivity contribution in [2.24, 2.45) is 0 Å². The first kappa shape index (κ1) is 18.5. The van der Waals surface area contributed by atoms with E-state index in [0.29, 0.717) is 6.42 Å². The SMILES string of the molecule is FC(F)(F)CCCCOCCOCCCC(F)(F)F. The van der Waals surface area contributed by atoms with Crippen molar-refractivity contribution in [2.75, 3.05) is 26.4 Å². The second-order valence-electron chi connectivity index (χ2n) is 4.02. The van der Waals surface area contributed by atoms with Crippen LogP contribution in [0.2, 0.25) is 0 Å². The predicted molar refractivity (Wildman–Crippen MR) is 56.8 cm³/mol. The summed E-state index contributed by atoms with van der Waals surface area (Å²) in [6.45, 7) is 0.522. The fourth-order valence-electron chi connectivity index (χ4n) is 1.23. The largest absolute Gasteiger partial charge is 0.389 e. The summed E-state index contributed by atoms with van der Waals surface area (Å²) in [7, 11) is 0.